The average molecular weight is 206 g/mol. The number of thioether (sulfide) groups is 1. The molecule has 74 valence electrons. The summed E-state index contributed by atoms with van der Waals surface area (Å²) < 4.78 is 50.6. The predicted molar refractivity (Wildman–Crippen MR) is 39.9 cm³/mol. The van der Waals surface area contributed by atoms with Crippen LogP contribution in [0.3, 0.4) is 0 Å². The quantitative estimate of drug-likeness (QED) is 0.488. The topological polar surface area (TPSA) is 9.23 Å². The SMILES string of the molecule is CCSCCOC(F)(F)C(F)F. The molecule has 0 atom stereocenters. The highest BCUT2D eigenvalue weighted by Gasteiger charge is 2.41. The summed E-state index contributed by atoms with van der Waals surface area (Å²) in [6.07, 6.45) is -8.04. The van der Waals surface area contributed by atoms with Crippen LogP contribution in [0, 0.1) is 0 Å². The van der Waals surface area contributed by atoms with Crippen molar-refractivity contribution in [2.45, 2.75) is 19.5 Å². The largest absolute Gasteiger partial charge is 0.416 e. The molecule has 0 bridgehead atoms. The van der Waals surface area contributed by atoms with Gasteiger partial charge in [-0.1, -0.05) is 6.92 Å². The normalized spacial score (nSPS) is 12.5. The Balaban J connectivity index is 3.47. The molecule has 0 aromatic carbocycles. The average Bonchev–Trinajstić information content (AvgIpc) is 1.98. The predicted octanol–water partition coefficient (Wildman–Crippen LogP) is 2.61. The third-order valence-electron chi connectivity index (χ3n) is 0.980. The van der Waals surface area contributed by atoms with Crippen LogP contribution < -0.4 is 0 Å². The van der Waals surface area contributed by atoms with E-state index >= 15 is 0 Å². The Morgan fingerprint density at radius 1 is 1.42 bits per heavy atom. The van der Waals surface area contributed by atoms with Crippen LogP contribution in [0.25, 0.3) is 0 Å². The van der Waals surface area contributed by atoms with Gasteiger partial charge in [0.25, 0.3) is 0 Å². The molecule has 0 aliphatic rings. The van der Waals surface area contributed by atoms with Gasteiger partial charge in [0.2, 0.25) is 0 Å². The first-order valence-electron chi connectivity index (χ1n) is 3.38. The Morgan fingerprint density at radius 2 is 2.00 bits per heavy atom. The fraction of sp³-hybridized carbons (Fsp3) is 1.00. The Kier molecular flexibility index (Phi) is 5.65. The molecule has 0 aromatic heterocycles. The van der Waals surface area contributed by atoms with Crippen LogP contribution in [-0.4, -0.2) is 30.6 Å². The van der Waals surface area contributed by atoms with Gasteiger partial charge in [0, 0.05) is 5.75 Å². The first-order valence-corrected chi connectivity index (χ1v) is 4.54. The maximum absolute atomic E-state index is 12.0. The van der Waals surface area contributed by atoms with Crippen molar-refractivity contribution in [3.63, 3.8) is 0 Å². The monoisotopic (exact) mass is 206 g/mol. The van der Waals surface area contributed by atoms with E-state index in [1.165, 1.54) is 11.8 Å². The highest BCUT2D eigenvalue weighted by molar-refractivity contribution is 7.99. The van der Waals surface area contributed by atoms with E-state index in [1.807, 2.05) is 6.92 Å². The smallest absolute Gasteiger partial charge is 0.315 e. The van der Waals surface area contributed by atoms with E-state index in [0.717, 1.165) is 5.75 Å². The second-order valence-corrected chi connectivity index (χ2v) is 3.30. The lowest BCUT2D eigenvalue weighted by Crippen LogP contribution is -2.30. The molecule has 1 nitrogen and oxygen atoms in total. The maximum atomic E-state index is 12.0. The van der Waals surface area contributed by atoms with Crippen molar-refractivity contribution in [2.75, 3.05) is 18.1 Å². The molecule has 6 heteroatoms. The van der Waals surface area contributed by atoms with Crippen molar-refractivity contribution in [2.24, 2.45) is 0 Å². The molecule has 0 heterocycles. The van der Waals surface area contributed by atoms with E-state index < -0.39 is 12.5 Å². The molecule has 0 unspecified atom stereocenters. The van der Waals surface area contributed by atoms with Gasteiger partial charge in [-0.2, -0.15) is 20.5 Å². The second kappa shape index (κ2) is 5.64. The van der Waals surface area contributed by atoms with Crippen molar-refractivity contribution in [1.82, 2.24) is 0 Å². The Morgan fingerprint density at radius 3 is 2.42 bits per heavy atom. The number of rotatable bonds is 6. The second-order valence-electron chi connectivity index (χ2n) is 1.91. The van der Waals surface area contributed by atoms with Gasteiger partial charge in [0.05, 0.1) is 6.61 Å². The van der Waals surface area contributed by atoms with Gasteiger partial charge < -0.3 is 4.74 Å². The van der Waals surface area contributed by atoms with E-state index in [-0.39, 0.29) is 6.61 Å². The molecule has 0 N–H and O–H groups in total. The molecular weight excluding hydrogens is 196 g/mol. The van der Waals surface area contributed by atoms with Gasteiger partial charge in [-0.3, -0.25) is 0 Å². The fourth-order valence-electron chi connectivity index (χ4n) is 0.444. The van der Waals surface area contributed by atoms with Crippen molar-refractivity contribution in [3.8, 4) is 0 Å². The standard InChI is InChI=1S/C6H10F4OS/c1-2-12-4-3-11-6(9,10)5(7)8/h5H,2-4H2,1H3. The molecule has 0 aliphatic carbocycles. The molecule has 0 rings (SSSR count). The van der Waals surface area contributed by atoms with Gasteiger partial charge in [-0.15, -0.1) is 0 Å². The van der Waals surface area contributed by atoms with Gasteiger partial charge in [0.1, 0.15) is 0 Å². The van der Waals surface area contributed by atoms with Gasteiger partial charge in [-0.05, 0) is 5.75 Å². The lowest BCUT2D eigenvalue weighted by Gasteiger charge is -2.14. The fourth-order valence-corrected chi connectivity index (χ4v) is 0.934. The minimum Gasteiger partial charge on any atom is -0.315 e. The summed E-state index contributed by atoms with van der Waals surface area (Å²) in [6.45, 7) is 1.49. The molecule has 0 saturated carbocycles. The van der Waals surface area contributed by atoms with Crippen LogP contribution in [0.2, 0.25) is 0 Å². The van der Waals surface area contributed by atoms with Crippen molar-refractivity contribution < 1.29 is 22.3 Å². The summed E-state index contributed by atoms with van der Waals surface area (Å²) in [5, 5.41) is 0. The summed E-state index contributed by atoms with van der Waals surface area (Å²) >= 11 is 1.36. The molecule has 0 radical (unpaired) electrons. The maximum Gasteiger partial charge on any atom is 0.416 e. The van der Waals surface area contributed by atoms with Crippen molar-refractivity contribution in [1.29, 1.82) is 0 Å². The van der Waals surface area contributed by atoms with Crippen LogP contribution in [0.4, 0.5) is 17.6 Å². The summed E-state index contributed by atoms with van der Waals surface area (Å²) in [7, 11) is 0. The Labute approximate surface area is 72.5 Å². The van der Waals surface area contributed by atoms with E-state index in [9.17, 15) is 17.6 Å². The van der Waals surface area contributed by atoms with Crippen LogP contribution in [-0.2, 0) is 4.74 Å². The molecular formula is C6H10F4OS. The number of halogens is 4. The molecule has 0 aromatic rings. The first kappa shape index (κ1) is 12.0. The van der Waals surface area contributed by atoms with Gasteiger partial charge in [0.15, 0.2) is 0 Å². The molecule has 0 amide bonds. The number of ether oxygens (including phenoxy) is 1. The third-order valence-corrected chi connectivity index (χ3v) is 1.84. The van der Waals surface area contributed by atoms with E-state index in [1.54, 1.807) is 0 Å². The lowest BCUT2D eigenvalue weighted by atomic mass is 10.6. The van der Waals surface area contributed by atoms with Crippen molar-refractivity contribution in [3.05, 3.63) is 0 Å². The summed E-state index contributed by atoms with van der Waals surface area (Å²) in [4.78, 5) is 0. The summed E-state index contributed by atoms with van der Waals surface area (Å²) in [5.41, 5.74) is 0. The van der Waals surface area contributed by atoms with Crippen LogP contribution in [0.1, 0.15) is 6.92 Å². The number of hydrogen-bond acceptors (Lipinski definition) is 2. The van der Waals surface area contributed by atoms with Crippen molar-refractivity contribution >= 4 is 11.8 Å². The molecule has 12 heavy (non-hydrogen) atoms. The van der Waals surface area contributed by atoms with Crippen LogP contribution in [0.15, 0.2) is 0 Å². The lowest BCUT2D eigenvalue weighted by molar-refractivity contribution is -0.297. The highest BCUT2D eigenvalue weighted by Crippen LogP contribution is 2.24. The third kappa shape index (κ3) is 4.82. The zero-order valence-corrected chi connectivity index (χ0v) is 7.34. The van der Waals surface area contributed by atoms with E-state index in [0.29, 0.717) is 5.75 Å². The molecule has 0 aliphatic heterocycles. The Hall–Kier alpha value is 0.0300. The highest BCUT2D eigenvalue weighted by atomic mass is 32.2. The number of hydrogen-bond donors (Lipinski definition) is 0. The zero-order valence-electron chi connectivity index (χ0n) is 6.53. The number of alkyl halides is 4. The van der Waals surface area contributed by atoms with E-state index in [4.69, 9.17) is 0 Å². The summed E-state index contributed by atoms with van der Waals surface area (Å²) in [5.74, 6) is 1.06. The van der Waals surface area contributed by atoms with E-state index in [2.05, 4.69) is 4.74 Å². The first-order chi connectivity index (χ1) is 5.50. The molecule has 0 spiro atoms. The zero-order chi connectivity index (χ0) is 9.61. The van der Waals surface area contributed by atoms with Crippen LogP contribution in [0.5, 0.6) is 0 Å². The van der Waals surface area contributed by atoms with Gasteiger partial charge in [-0.25, -0.2) is 8.78 Å². The molecule has 0 saturated heterocycles. The van der Waals surface area contributed by atoms with Crippen LogP contribution >= 0.6 is 11.8 Å². The minimum atomic E-state index is -4.30. The molecule has 0 fully saturated rings. The Bertz CT molecular complexity index is 120. The summed E-state index contributed by atoms with van der Waals surface area (Å²) in [6, 6.07) is 0. The minimum absolute atomic E-state index is 0.304. The van der Waals surface area contributed by atoms with Gasteiger partial charge >= 0.3 is 12.5 Å².